The number of hydrogen-bond acceptors (Lipinski definition) is 4. The van der Waals surface area contributed by atoms with Gasteiger partial charge < -0.3 is 19.6 Å². The van der Waals surface area contributed by atoms with Crippen LogP contribution in [0, 0.1) is 10.8 Å². The smallest absolute Gasteiger partial charge is 0.407 e. The Hall–Kier alpha value is -1.10. The zero-order valence-corrected chi connectivity index (χ0v) is 14.1. The summed E-state index contributed by atoms with van der Waals surface area (Å²) in [6, 6.07) is 0. The number of nitrogens with one attached hydrogen (secondary N) is 1. The zero-order valence-electron chi connectivity index (χ0n) is 14.1. The van der Waals surface area contributed by atoms with E-state index in [1.165, 1.54) is 12.8 Å². The quantitative estimate of drug-likeness (QED) is 0.580. The number of rotatable bonds is 7. The van der Waals surface area contributed by atoms with Crippen LogP contribution in [-0.2, 0) is 14.3 Å². The van der Waals surface area contributed by atoms with Crippen molar-refractivity contribution in [3.05, 3.63) is 0 Å². The summed E-state index contributed by atoms with van der Waals surface area (Å²) >= 11 is 0. The minimum Gasteiger partial charge on any atom is -0.444 e. The van der Waals surface area contributed by atoms with E-state index in [2.05, 4.69) is 5.32 Å². The number of ether oxygens (including phenoxy) is 2. The van der Waals surface area contributed by atoms with E-state index in [4.69, 9.17) is 9.47 Å². The molecule has 0 aliphatic heterocycles. The summed E-state index contributed by atoms with van der Waals surface area (Å²) in [4.78, 5) is 22.3. The van der Waals surface area contributed by atoms with Crippen LogP contribution in [0.4, 0.5) is 4.79 Å². The molecular weight excluding hydrogens is 282 g/mol. The van der Waals surface area contributed by atoms with Crippen LogP contribution < -0.4 is 5.32 Å². The lowest BCUT2D eigenvalue weighted by Crippen LogP contribution is -2.34. The fourth-order valence-corrected chi connectivity index (χ4v) is 3.94. The van der Waals surface area contributed by atoms with Gasteiger partial charge in [-0.25, -0.2) is 4.79 Å². The Morgan fingerprint density at radius 2 is 1.82 bits per heavy atom. The van der Waals surface area contributed by atoms with Crippen molar-refractivity contribution >= 4 is 12.4 Å². The largest absolute Gasteiger partial charge is 0.444 e. The monoisotopic (exact) mass is 311 g/mol. The van der Waals surface area contributed by atoms with Crippen LogP contribution >= 0.6 is 0 Å². The number of fused-ring (bicyclic) bond motifs is 2. The molecule has 5 nitrogen and oxygen atoms in total. The van der Waals surface area contributed by atoms with Crippen LogP contribution in [0.5, 0.6) is 0 Å². The Labute approximate surface area is 133 Å². The molecule has 0 aromatic carbocycles. The molecule has 1 N–H and O–H groups in total. The molecule has 0 saturated heterocycles. The lowest BCUT2D eigenvalue weighted by atomic mass is 9.81. The summed E-state index contributed by atoms with van der Waals surface area (Å²) in [5, 5.41) is 2.70. The Kier molecular flexibility index (Phi) is 5.15. The number of amides is 1. The van der Waals surface area contributed by atoms with Crippen LogP contribution in [0.15, 0.2) is 0 Å². The second-order valence-corrected chi connectivity index (χ2v) is 8.03. The molecular formula is C17H29NO4. The van der Waals surface area contributed by atoms with Gasteiger partial charge in [-0.15, -0.1) is 0 Å². The minimum absolute atomic E-state index is 0.264. The predicted molar refractivity (Wildman–Crippen MR) is 83.7 cm³/mol. The van der Waals surface area contributed by atoms with Gasteiger partial charge in [0.05, 0.1) is 13.2 Å². The topological polar surface area (TPSA) is 64.6 Å². The number of carbonyl (C=O) groups excluding carboxylic acids is 2. The molecule has 2 fully saturated rings. The van der Waals surface area contributed by atoms with Gasteiger partial charge in [-0.3, -0.25) is 0 Å². The molecule has 0 spiro atoms. The van der Waals surface area contributed by atoms with Crippen LogP contribution in [0.25, 0.3) is 0 Å². The first-order valence-corrected chi connectivity index (χ1v) is 8.27. The summed E-state index contributed by atoms with van der Waals surface area (Å²) in [6.45, 7) is 7.23. The SMILES string of the molecule is CC(C)(C)OC(=O)NCCOCC12CCC(CC=O)(CC1)C2. The van der Waals surface area contributed by atoms with Crippen molar-refractivity contribution < 1.29 is 19.1 Å². The molecule has 0 atom stereocenters. The van der Waals surface area contributed by atoms with Crippen LogP contribution in [0.1, 0.15) is 59.3 Å². The lowest BCUT2D eigenvalue weighted by molar-refractivity contribution is -0.109. The normalized spacial score (nSPS) is 30.3. The molecule has 0 heterocycles. The van der Waals surface area contributed by atoms with E-state index in [1.54, 1.807) is 0 Å². The fraction of sp³-hybridized carbons (Fsp3) is 0.882. The molecule has 0 unspecified atom stereocenters. The number of hydrogen-bond donors (Lipinski definition) is 1. The van der Waals surface area contributed by atoms with E-state index in [1.807, 2.05) is 20.8 Å². The van der Waals surface area contributed by atoms with E-state index in [0.717, 1.165) is 32.2 Å². The lowest BCUT2D eigenvalue weighted by Gasteiger charge is -2.27. The first-order valence-electron chi connectivity index (χ1n) is 8.27. The third-order valence-corrected chi connectivity index (χ3v) is 4.96. The summed E-state index contributed by atoms with van der Waals surface area (Å²) < 4.78 is 11.0. The number of alkyl carbamates (subject to hydrolysis) is 1. The molecule has 5 heteroatoms. The van der Waals surface area contributed by atoms with Gasteiger partial charge >= 0.3 is 6.09 Å². The summed E-state index contributed by atoms with van der Waals surface area (Å²) in [5.74, 6) is 0. The third-order valence-electron chi connectivity index (χ3n) is 4.96. The average Bonchev–Trinajstić information content (AvgIpc) is 2.92. The van der Waals surface area contributed by atoms with Gasteiger partial charge in [0.1, 0.15) is 11.9 Å². The maximum absolute atomic E-state index is 11.5. The van der Waals surface area contributed by atoms with Crippen molar-refractivity contribution in [1.82, 2.24) is 5.32 Å². The van der Waals surface area contributed by atoms with Crippen molar-refractivity contribution in [3.63, 3.8) is 0 Å². The van der Waals surface area contributed by atoms with Crippen molar-refractivity contribution in [2.45, 2.75) is 64.9 Å². The second-order valence-electron chi connectivity index (χ2n) is 8.03. The molecule has 1 amide bonds. The van der Waals surface area contributed by atoms with Crippen molar-refractivity contribution in [3.8, 4) is 0 Å². The molecule has 0 radical (unpaired) electrons. The van der Waals surface area contributed by atoms with Crippen LogP contribution in [0.2, 0.25) is 0 Å². The highest BCUT2D eigenvalue weighted by molar-refractivity contribution is 5.67. The first kappa shape index (κ1) is 17.3. The number of aldehydes is 1. The Morgan fingerprint density at radius 3 is 2.41 bits per heavy atom. The van der Waals surface area contributed by atoms with Gasteiger partial charge in [-0.2, -0.15) is 0 Å². The molecule has 2 bridgehead atoms. The second kappa shape index (κ2) is 6.57. The summed E-state index contributed by atoms with van der Waals surface area (Å²) in [7, 11) is 0. The van der Waals surface area contributed by atoms with E-state index in [-0.39, 0.29) is 10.8 Å². The van der Waals surface area contributed by atoms with Gasteiger partial charge in [0, 0.05) is 13.0 Å². The van der Waals surface area contributed by atoms with E-state index < -0.39 is 11.7 Å². The molecule has 2 aliphatic rings. The fourth-order valence-electron chi connectivity index (χ4n) is 3.94. The Bertz CT molecular complexity index is 405. The van der Waals surface area contributed by atoms with E-state index >= 15 is 0 Å². The average molecular weight is 311 g/mol. The van der Waals surface area contributed by atoms with Gasteiger partial charge in [-0.05, 0) is 63.7 Å². The van der Waals surface area contributed by atoms with Crippen LogP contribution in [-0.4, -0.2) is 37.7 Å². The van der Waals surface area contributed by atoms with E-state index in [0.29, 0.717) is 19.6 Å². The maximum atomic E-state index is 11.5. The Morgan fingerprint density at radius 1 is 1.18 bits per heavy atom. The number of carbonyl (C=O) groups is 2. The van der Waals surface area contributed by atoms with Gasteiger partial charge in [0.2, 0.25) is 0 Å². The molecule has 2 saturated carbocycles. The molecule has 0 aromatic rings. The van der Waals surface area contributed by atoms with E-state index in [9.17, 15) is 9.59 Å². The summed E-state index contributed by atoms with van der Waals surface area (Å²) in [5.41, 5.74) is 0.0638. The molecule has 2 rings (SSSR count). The van der Waals surface area contributed by atoms with Gasteiger partial charge in [0.15, 0.2) is 0 Å². The molecule has 22 heavy (non-hydrogen) atoms. The third kappa shape index (κ3) is 4.45. The highest BCUT2D eigenvalue weighted by atomic mass is 16.6. The zero-order chi connectivity index (χ0) is 16.3. The molecule has 2 aliphatic carbocycles. The highest BCUT2D eigenvalue weighted by Gasteiger charge is 2.53. The van der Waals surface area contributed by atoms with Crippen LogP contribution in [0.3, 0.4) is 0 Å². The molecule has 126 valence electrons. The van der Waals surface area contributed by atoms with Gasteiger partial charge in [-0.1, -0.05) is 0 Å². The van der Waals surface area contributed by atoms with Crippen molar-refractivity contribution in [2.24, 2.45) is 10.8 Å². The van der Waals surface area contributed by atoms with Gasteiger partial charge in [0.25, 0.3) is 0 Å². The highest BCUT2D eigenvalue weighted by Crippen LogP contribution is 2.62. The molecule has 0 aromatic heterocycles. The summed E-state index contributed by atoms with van der Waals surface area (Å²) in [6.07, 6.45) is 7.15. The maximum Gasteiger partial charge on any atom is 0.407 e. The Balaban J connectivity index is 1.62. The van der Waals surface area contributed by atoms with Crippen molar-refractivity contribution in [1.29, 1.82) is 0 Å². The minimum atomic E-state index is -0.473. The predicted octanol–water partition coefficient (Wildman–Crippen LogP) is 3.07. The first-order chi connectivity index (χ1) is 10.3. The van der Waals surface area contributed by atoms with Crippen molar-refractivity contribution in [2.75, 3.05) is 19.8 Å². The standard InChI is InChI=1S/C17H29NO4/c1-15(2,3)22-14(20)18-9-11-21-13-17-6-4-16(12-17,5-7-17)8-10-19/h10H,4-9,11-13H2,1-3H3,(H,18,20).